The van der Waals surface area contributed by atoms with Gasteiger partial charge in [-0.05, 0) is 112 Å². The van der Waals surface area contributed by atoms with E-state index in [1.54, 1.807) is 18.3 Å². The van der Waals surface area contributed by atoms with E-state index in [1.165, 1.54) is 12.8 Å². The molecule has 0 bridgehead atoms. The predicted molar refractivity (Wildman–Crippen MR) is 159 cm³/mol. The lowest BCUT2D eigenvalue weighted by molar-refractivity contribution is 0.0697. The molecule has 2 aromatic carbocycles. The zero-order chi connectivity index (χ0) is 27.8. The van der Waals surface area contributed by atoms with Crippen LogP contribution in [0.25, 0.3) is 5.69 Å². The molecule has 3 heterocycles. The van der Waals surface area contributed by atoms with E-state index < -0.39 is 5.97 Å². The van der Waals surface area contributed by atoms with Crippen molar-refractivity contribution in [3.8, 4) is 11.4 Å². The number of aromatic nitrogens is 2. The number of pyridine rings is 1. The van der Waals surface area contributed by atoms with Crippen molar-refractivity contribution < 1.29 is 14.6 Å². The fourth-order valence-corrected chi connectivity index (χ4v) is 6.49. The Morgan fingerprint density at radius 2 is 1.75 bits per heavy atom. The number of benzene rings is 2. The van der Waals surface area contributed by atoms with Crippen LogP contribution in [0.2, 0.25) is 0 Å². The third-order valence-electron chi connectivity index (χ3n) is 7.98. The summed E-state index contributed by atoms with van der Waals surface area (Å²) in [4.78, 5) is 18.9. The number of aromatic carboxylic acids is 1. The molecule has 2 aromatic heterocycles. The molecular formula is C32H32N4O3S. The summed E-state index contributed by atoms with van der Waals surface area (Å²) in [7, 11) is 0. The summed E-state index contributed by atoms with van der Waals surface area (Å²) in [5.41, 5.74) is 5.68. The number of thiocarbonyl (C=S) groups is 1. The Kier molecular flexibility index (Phi) is 7.02. The lowest BCUT2D eigenvalue weighted by Gasteiger charge is -2.28. The number of anilines is 1. The maximum Gasteiger partial charge on any atom is 0.337 e. The number of hydrogen-bond acceptors (Lipinski definition) is 4. The Bertz CT molecular complexity index is 1540. The molecule has 2 N–H and O–H groups in total. The van der Waals surface area contributed by atoms with Gasteiger partial charge in [-0.2, -0.15) is 0 Å². The van der Waals surface area contributed by atoms with Gasteiger partial charge in [0.05, 0.1) is 35.1 Å². The molecule has 2 aliphatic rings. The number of rotatable bonds is 7. The average Bonchev–Trinajstić information content (AvgIpc) is 3.67. The molecule has 0 spiro atoms. The van der Waals surface area contributed by atoms with Crippen molar-refractivity contribution in [2.45, 2.75) is 57.7 Å². The van der Waals surface area contributed by atoms with Gasteiger partial charge in [-0.1, -0.05) is 18.2 Å². The average molecular weight is 553 g/mol. The minimum atomic E-state index is -0.957. The van der Waals surface area contributed by atoms with E-state index in [0.29, 0.717) is 16.9 Å². The van der Waals surface area contributed by atoms with Crippen LogP contribution < -0.4 is 15.0 Å². The van der Waals surface area contributed by atoms with Crippen molar-refractivity contribution in [3.05, 3.63) is 107 Å². The molecule has 1 saturated heterocycles. The van der Waals surface area contributed by atoms with E-state index in [4.69, 9.17) is 17.0 Å². The Morgan fingerprint density at radius 1 is 1.02 bits per heavy atom. The summed E-state index contributed by atoms with van der Waals surface area (Å²) >= 11 is 5.93. The monoisotopic (exact) mass is 552 g/mol. The van der Waals surface area contributed by atoms with Crippen molar-refractivity contribution in [1.29, 1.82) is 0 Å². The van der Waals surface area contributed by atoms with Gasteiger partial charge in [0.1, 0.15) is 5.75 Å². The number of carboxylic acid groups (broad SMARTS) is 1. The highest BCUT2D eigenvalue weighted by atomic mass is 32.1. The Labute approximate surface area is 239 Å². The van der Waals surface area contributed by atoms with Gasteiger partial charge >= 0.3 is 5.97 Å². The van der Waals surface area contributed by atoms with Gasteiger partial charge in [-0.3, -0.25) is 4.98 Å². The van der Waals surface area contributed by atoms with Crippen molar-refractivity contribution in [2.75, 3.05) is 4.90 Å². The molecule has 2 fully saturated rings. The van der Waals surface area contributed by atoms with E-state index in [2.05, 4.69) is 33.4 Å². The first kappa shape index (κ1) is 26.1. The van der Waals surface area contributed by atoms with Crippen LogP contribution >= 0.6 is 12.2 Å². The zero-order valence-electron chi connectivity index (χ0n) is 22.6. The van der Waals surface area contributed by atoms with E-state index >= 15 is 0 Å². The summed E-state index contributed by atoms with van der Waals surface area (Å²) in [5, 5.41) is 14.0. The van der Waals surface area contributed by atoms with Crippen LogP contribution in [0, 0.1) is 13.8 Å². The predicted octanol–water partition coefficient (Wildman–Crippen LogP) is 6.69. The van der Waals surface area contributed by atoms with E-state index in [0.717, 1.165) is 46.9 Å². The molecule has 0 amide bonds. The molecule has 2 atom stereocenters. The number of aryl methyl sites for hydroxylation is 1. The molecular weight excluding hydrogens is 520 g/mol. The van der Waals surface area contributed by atoms with Gasteiger partial charge < -0.3 is 24.6 Å². The molecule has 1 aliphatic carbocycles. The topological polar surface area (TPSA) is 79.6 Å². The third-order valence-corrected chi connectivity index (χ3v) is 8.30. The van der Waals surface area contributed by atoms with Crippen LogP contribution in [0.4, 0.5) is 5.69 Å². The Balaban J connectivity index is 1.43. The second-order valence-electron chi connectivity index (χ2n) is 10.5. The summed E-state index contributed by atoms with van der Waals surface area (Å²) in [5.74, 6) is -0.0868. The van der Waals surface area contributed by atoms with Crippen LogP contribution in [-0.4, -0.2) is 31.8 Å². The normalized spacial score (nSPS) is 19.1. The van der Waals surface area contributed by atoms with E-state index in [9.17, 15) is 9.90 Å². The highest BCUT2D eigenvalue weighted by Gasteiger charge is 2.42. The molecule has 0 radical (unpaired) electrons. The quantitative estimate of drug-likeness (QED) is 0.247. The third kappa shape index (κ3) is 4.73. The van der Waals surface area contributed by atoms with Gasteiger partial charge in [0.15, 0.2) is 5.11 Å². The summed E-state index contributed by atoms with van der Waals surface area (Å²) in [6.45, 7) is 4.04. The number of carboxylic acids is 1. The first-order chi connectivity index (χ1) is 19.4. The molecule has 40 heavy (non-hydrogen) atoms. The van der Waals surface area contributed by atoms with Gasteiger partial charge in [0.2, 0.25) is 0 Å². The molecule has 6 rings (SSSR count). The van der Waals surface area contributed by atoms with E-state index in [-0.39, 0.29) is 17.6 Å². The second-order valence-corrected chi connectivity index (χ2v) is 10.9. The SMILES string of the molecule is Cc1cc([C@H]2[C@H](c3ccccn3)NC(=S)N2c2ccc(OC3CCCC3)cc2)c(C)n1-c1ccccc1C(=O)O. The first-order valence-corrected chi connectivity index (χ1v) is 14.1. The van der Waals surface area contributed by atoms with Gasteiger partial charge in [0.25, 0.3) is 0 Å². The Hall–Kier alpha value is -4.17. The number of nitrogens with zero attached hydrogens (tertiary/aromatic N) is 3. The molecule has 1 aliphatic heterocycles. The Morgan fingerprint density at radius 3 is 2.45 bits per heavy atom. The summed E-state index contributed by atoms with van der Waals surface area (Å²) in [6.07, 6.45) is 6.75. The van der Waals surface area contributed by atoms with Crippen molar-refractivity contribution in [1.82, 2.24) is 14.9 Å². The number of para-hydroxylation sites is 1. The second kappa shape index (κ2) is 10.8. The van der Waals surface area contributed by atoms with E-state index in [1.807, 2.05) is 60.9 Å². The molecule has 4 aromatic rings. The van der Waals surface area contributed by atoms with Crippen LogP contribution in [0.3, 0.4) is 0 Å². The number of hydrogen-bond donors (Lipinski definition) is 2. The van der Waals surface area contributed by atoms with Crippen LogP contribution in [-0.2, 0) is 0 Å². The van der Waals surface area contributed by atoms with Crippen molar-refractivity contribution in [2.24, 2.45) is 0 Å². The molecule has 0 unspecified atom stereocenters. The largest absolute Gasteiger partial charge is 0.490 e. The fourth-order valence-electron chi connectivity index (χ4n) is 6.14. The minimum absolute atomic E-state index is 0.202. The smallest absolute Gasteiger partial charge is 0.337 e. The van der Waals surface area contributed by atoms with Gasteiger partial charge in [-0.15, -0.1) is 0 Å². The highest BCUT2D eigenvalue weighted by molar-refractivity contribution is 7.80. The highest BCUT2D eigenvalue weighted by Crippen LogP contribution is 2.44. The van der Waals surface area contributed by atoms with Gasteiger partial charge in [-0.25, -0.2) is 4.79 Å². The maximum atomic E-state index is 12.1. The van der Waals surface area contributed by atoms with Crippen LogP contribution in [0.1, 0.15) is 70.8 Å². The summed E-state index contributed by atoms with van der Waals surface area (Å²) in [6, 6.07) is 22.9. The lowest BCUT2D eigenvalue weighted by Crippen LogP contribution is -2.29. The molecule has 8 heteroatoms. The lowest BCUT2D eigenvalue weighted by atomic mass is 9.96. The zero-order valence-corrected chi connectivity index (χ0v) is 23.4. The molecule has 7 nitrogen and oxygen atoms in total. The first-order valence-electron chi connectivity index (χ1n) is 13.7. The maximum absolute atomic E-state index is 12.1. The van der Waals surface area contributed by atoms with Crippen molar-refractivity contribution in [3.63, 3.8) is 0 Å². The molecule has 1 saturated carbocycles. The molecule has 204 valence electrons. The van der Waals surface area contributed by atoms with Crippen molar-refractivity contribution >= 4 is 29.0 Å². The number of carbonyl (C=O) groups is 1. The van der Waals surface area contributed by atoms with Gasteiger partial charge in [0, 0.05) is 23.3 Å². The fraction of sp³-hybridized carbons (Fsp3) is 0.281. The minimum Gasteiger partial charge on any atom is -0.490 e. The number of nitrogens with one attached hydrogen (secondary N) is 1. The van der Waals surface area contributed by atoms with Crippen LogP contribution in [0.15, 0.2) is 79.0 Å². The number of ether oxygens (including phenoxy) is 1. The standard InChI is InChI=1S/C32H32N4O3S/c1-20-19-26(21(2)35(20)28-13-6-5-11-25(28)31(37)38)30-29(27-12-7-8-18-33-27)34-32(40)36(30)22-14-16-24(17-15-22)39-23-9-3-4-10-23/h5-8,11-19,23,29-30H,3-4,9-10H2,1-2H3,(H,34,40)(H,37,38)/t29-,30-/m0/s1. The van der Waals surface area contributed by atoms with Crippen LogP contribution in [0.5, 0.6) is 5.75 Å². The summed E-state index contributed by atoms with van der Waals surface area (Å²) < 4.78 is 8.23.